The van der Waals surface area contributed by atoms with Gasteiger partial charge >= 0.3 is 0 Å². The average molecular weight is 870 g/mol. The van der Waals surface area contributed by atoms with Crippen molar-refractivity contribution < 1.29 is 0 Å². The fourth-order valence-electron chi connectivity index (χ4n) is 13.5. The second-order valence-electron chi connectivity index (χ2n) is 25.0. The number of nitrogens with zero attached hydrogens (tertiary/aromatic N) is 3. The molecule has 4 heteroatoms. The quantitative estimate of drug-likeness (QED) is 0.164. The maximum absolute atomic E-state index is 2.85. The lowest BCUT2D eigenvalue weighted by molar-refractivity contribution is 0.195. The molecule has 66 heavy (non-hydrogen) atoms. The summed E-state index contributed by atoms with van der Waals surface area (Å²) in [6, 6.07) is 43.9. The number of hydrogen-bond donors (Lipinski definition) is 0. The molecule has 5 aliphatic rings. The largest absolute Gasteiger partial charge is 0.334 e. The van der Waals surface area contributed by atoms with Gasteiger partial charge in [-0.25, -0.2) is 0 Å². The zero-order valence-electron chi connectivity index (χ0n) is 42.6. The number of para-hydroxylation sites is 1. The van der Waals surface area contributed by atoms with Gasteiger partial charge in [0.25, 0.3) is 6.71 Å². The van der Waals surface area contributed by atoms with Crippen LogP contribution in [0.4, 0.5) is 45.5 Å². The molecular formula is C62H72BN3. The lowest BCUT2D eigenvalue weighted by Gasteiger charge is -2.51. The molecule has 1 fully saturated rings. The Hall–Kier alpha value is -5.22. The van der Waals surface area contributed by atoms with Crippen LogP contribution >= 0.6 is 0 Å². The Kier molecular flexibility index (Phi) is 9.30. The third-order valence-corrected chi connectivity index (χ3v) is 17.7. The second-order valence-corrected chi connectivity index (χ2v) is 25.0. The van der Waals surface area contributed by atoms with E-state index in [-0.39, 0.29) is 39.3 Å². The van der Waals surface area contributed by atoms with E-state index in [0.717, 1.165) is 6.42 Å². The van der Waals surface area contributed by atoms with E-state index < -0.39 is 0 Å². The highest BCUT2D eigenvalue weighted by molar-refractivity contribution is 7.00. The summed E-state index contributed by atoms with van der Waals surface area (Å²) in [5, 5.41) is 0. The molecule has 3 nitrogen and oxygen atoms in total. The lowest BCUT2D eigenvalue weighted by atomic mass is 9.33. The summed E-state index contributed by atoms with van der Waals surface area (Å²) in [6.45, 7) is 33.9. The highest BCUT2D eigenvalue weighted by Gasteiger charge is 2.59. The molecule has 0 N–H and O–H groups in total. The number of rotatable bonds is 3. The van der Waals surface area contributed by atoms with Crippen LogP contribution in [0.15, 0.2) is 109 Å². The molecule has 11 rings (SSSR count). The summed E-state index contributed by atoms with van der Waals surface area (Å²) in [7, 11) is 0. The Balaban J connectivity index is 1.29. The van der Waals surface area contributed by atoms with Gasteiger partial charge in [0, 0.05) is 50.9 Å². The molecule has 2 atom stereocenters. The molecule has 0 spiro atoms. The molecule has 2 unspecified atom stereocenters. The molecule has 6 aromatic carbocycles. The Morgan fingerprint density at radius 2 is 1.05 bits per heavy atom. The van der Waals surface area contributed by atoms with Crippen LogP contribution < -0.4 is 31.1 Å². The molecule has 3 heterocycles. The van der Waals surface area contributed by atoms with E-state index in [1.165, 1.54) is 133 Å². The van der Waals surface area contributed by atoms with E-state index in [2.05, 4.69) is 221 Å². The normalized spacial score (nSPS) is 22.3. The predicted octanol–water partition coefficient (Wildman–Crippen LogP) is 15.1. The first kappa shape index (κ1) is 43.4. The van der Waals surface area contributed by atoms with Gasteiger partial charge in [-0.05, 0) is 166 Å². The minimum absolute atomic E-state index is 0.0158. The first-order valence-electron chi connectivity index (χ1n) is 25.2. The van der Waals surface area contributed by atoms with Crippen LogP contribution in [-0.4, -0.2) is 12.3 Å². The first-order valence-corrected chi connectivity index (χ1v) is 25.2. The third-order valence-electron chi connectivity index (χ3n) is 17.7. The lowest BCUT2D eigenvalue weighted by Crippen LogP contribution is -2.62. The van der Waals surface area contributed by atoms with Gasteiger partial charge in [0.2, 0.25) is 0 Å². The number of aryl methyl sites for hydroxylation is 2. The maximum Gasteiger partial charge on any atom is 0.252 e. The van der Waals surface area contributed by atoms with Crippen LogP contribution in [0.25, 0.3) is 0 Å². The summed E-state index contributed by atoms with van der Waals surface area (Å²) >= 11 is 0. The van der Waals surface area contributed by atoms with Gasteiger partial charge in [0.05, 0.1) is 5.54 Å². The second kappa shape index (κ2) is 14.2. The van der Waals surface area contributed by atoms with Crippen LogP contribution in [0.5, 0.6) is 0 Å². The van der Waals surface area contributed by atoms with Gasteiger partial charge in [-0.1, -0.05) is 155 Å². The number of hydrogen-bond acceptors (Lipinski definition) is 3. The van der Waals surface area contributed by atoms with Gasteiger partial charge < -0.3 is 14.7 Å². The molecule has 2 aliphatic carbocycles. The molecule has 338 valence electrons. The first-order chi connectivity index (χ1) is 31.0. The SMILES string of the molecule is Cc1cc(C)c2c(c1)C1(C)CCCCC1(C)N2c1cc2c3c(c1)N(c1ccccc1)c1cc4c(cc1B3c1cc(C(C)(C)C)ccc1N2c1ccc(C(C)(C)C)cc1)C(C)(C)CCC4(C)C. The maximum atomic E-state index is 2.85. The van der Waals surface area contributed by atoms with Gasteiger partial charge in [-0.3, -0.25) is 0 Å². The topological polar surface area (TPSA) is 9.72 Å². The Bertz CT molecular complexity index is 2960. The van der Waals surface area contributed by atoms with Crippen LogP contribution in [0.1, 0.15) is 161 Å². The van der Waals surface area contributed by atoms with Crippen molar-refractivity contribution >= 4 is 68.6 Å². The van der Waals surface area contributed by atoms with Gasteiger partial charge in [-0.15, -0.1) is 0 Å². The molecule has 0 saturated heterocycles. The predicted molar refractivity (Wildman–Crippen MR) is 285 cm³/mol. The minimum Gasteiger partial charge on any atom is -0.334 e. The molecule has 3 aliphatic heterocycles. The molecule has 0 bridgehead atoms. The van der Waals surface area contributed by atoms with Crippen molar-refractivity contribution in [2.24, 2.45) is 0 Å². The fraction of sp³-hybridized carbons (Fsp3) is 0.419. The summed E-state index contributed by atoms with van der Waals surface area (Å²) in [5.41, 5.74) is 24.6. The Morgan fingerprint density at radius 1 is 0.485 bits per heavy atom. The van der Waals surface area contributed by atoms with Gasteiger partial charge in [-0.2, -0.15) is 0 Å². The van der Waals surface area contributed by atoms with E-state index in [1.54, 1.807) is 0 Å². The fourth-order valence-corrected chi connectivity index (χ4v) is 13.5. The molecule has 0 amide bonds. The van der Waals surface area contributed by atoms with E-state index in [9.17, 15) is 0 Å². The van der Waals surface area contributed by atoms with Crippen LogP contribution in [-0.2, 0) is 27.1 Å². The van der Waals surface area contributed by atoms with Crippen molar-refractivity contribution in [2.75, 3.05) is 14.7 Å². The smallest absolute Gasteiger partial charge is 0.252 e. The zero-order chi connectivity index (χ0) is 46.7. The van der Waals surface area contributed by atoms with Gasteiger partial charge in [0.15, 0.2) is 0 Å². The van der Waals surface area contributed by atoms with Crippen molar-refractivity contribution in [3.8, 4) is 0 Å². The van der Waals surface area contributed by atoms with Crippen molar-refractivity contribution in [3.63, 3.8) is 0 Å². The Morgan fingerprint density at radius 3 is 1.68 bits per heavy atom. The van der Waals surface area contributed by atoms with Crippen molar-refractivity contribution in [3.05, 3.63) is 148 Å². The Labute approximate surface area is 397 Å². The zero-order valence-corrected chi connectivity index (χ0v) is 42.6. The number of fused-ring (bicyclic) bond motifs is 8. The van der Waals surface area contributed by atoms with Crippen molar-refractivity contribution in [2.45, 2.75) is 168 Å². The minimum atomic E-state index is -0.0985. The highest BCUT2D eigenvalue weighted by atomic mass is 15.3. The highest BCUT2D eigenvalue weighted by Crippen LogP contribution is 2.63. The van der Waals surface area contributed by atoms with E-state index >= 15 is 0 Å². The van der Waals surface area contributed by atoms with Crippen molar-refractivity contribution in [1.82, 2.24) is 0 Å². The summed E-state index contributed by atoms with van der Waals surface area (Å²) in [4.78, 5) is 8.17. The molecular weight excluding hydrogens is 798 g/mol. The van der Waals surface area contributed by atoms with E-state index in [1.807, 2.05) is 0 Å². The summed E-state index contributed by atoms with van der Waals surface area (Å²) < 4.78 is 0. The van der Waals surface area contributed by atoms with E-state index in [0.29, 0.717) is 0 Å². The molecule has 6 aromatic rings. The number of benzene rings is 6. The summed E-state index contributed by atoms with van der Waals surface area (Å²) in [5.74, 6) is 0. The molecule has 0 aromatic heterocycles. The molecule has 1 saturated carbocycles. The standard InChI is InChI=1S/C62H72BN3/c1-39-32-40(2)56-48(33-39)61(13)28-18-19-29-62(61,14)66(56)45-35-53-55-54(36-45)65(43-20-16-15-17-21-43)52-38-47-46(59(9,10)30-31-60(47,11)12)37-50(52)63(55)49-34-42(58(6,7)8)24-27-51(49)64(53)44-25-22-41(23-26-44)57(3,4)5/h15-17,20-27,32-38H,18-19,28-31H2,1-14H3. The van der Waals surface area contributed by atoms with Crippen LogP contribution in [0.3, 0.4) is 0 Å². The van der Waals surface area contributed by atoms with Crippen LogP contribution in [0, 0.1) is 13.8 Å². The third kappa shape index (κ3) is 6.14. The molecule has 0 radical (unpaired) electrons. The average Bonchev–Trinajstić information content (AvgIpc) is 3.47. The van der Waals surface area contributed by atoms with Gasteiger partial charge in [0.1, 0.15) is 0 Å². The summed E-state index contributed by atoms with van der Waals surface area (Å²) in [6.07, 6.45) is 7.23. The van der Waals surface area contributed by atoms with E-state index in [4.69, 9.17) is 0 Å². The monoisotopic (exact) mass is 870 g/mol. The van der Waals surface area contributed by atoms with Crippen LogP contribution in [0.2, 0.25) is 0 Å². The van der Waals surface area contributed by atoms with Crippen molar-refractivity contribution in [1.29, 1.82) is 0 Å². The number of anilines is 8.